The van der Waals surface area contributed by atoms with Gasteiger partial charge < -0.3 is 4.90 Å². The molecule has 0 spiro atoms. The fourth-order valence-corrected chi connectivity index (χ4v) is 2.57. The van der Waals surface area contributed by atoms with Gasteiger partial charge in [0.15, 0.2) is 0 Å². The summed E-state index contributed by atoms with van der Waals surface area (Å²) in [5.74, 6) is -0.534. The molecule has 0 bridgehead atoms. The zero-order chi connectivity index (χ0) is 14.0. The number of amides is 1. The van der Waals surface area contributed by atoms with Gasteiger partial charge in [0.2, 0.25) is 0 Å². The van der Waals surface area contributed by atoms with Crippen LogP contribution in [0.25, 0.3) is 0 Å². The second kappa shape index (κ2) is 5.53. The van der Waals surface area contributed by atoms with Gasteiger partial charge in [0, 0.05) is 17.6 Å². The predicted octanol–water partition coefficient (Wildman–Crippen LogP) is 4.09. The van der Waals surface area contributed by atoms with E-state index in [1.807, 2.05) is 0 Å². The lowest BCUT2D eigenvalue weighted by atomic mass is 10.0. The molecule has 0 aromatic heterocycles. The summed E-state index contributed by atoms with van der Waals surface area (Å²) in [6, 6.07) is 3.50. The fraction of sp³-hybridized carbons (Fsp3) is 0.462. The highest BCUT2D eigenvalue weighted by molar-refractivity contribution is 9.10. The molecule has 2 rings (SSSR count). The van der Waals surface area contributed by atoms with E-state index in [2.05, 4.69) is 15.9 Å². The van der Waals surface area contributed by atoms with Crippen LogP contribution in [0.15, 0.2) is 22.7 Å². The van der Waals surface area contributed by atoms with E-state index in [1.54, 1.807) is 0 Å². The van der Waals surface area contributed by atoms with E-state index in [9.17, 15) is 18.0 Å². The maximum absolute atomic E-state index is 12.9. The van der Waals surface area contributed by atoms with Gasteiger partial charge in [-0.15, -0.1) is 0 Å². The molecule has 104 valence electrons. The molecular formula is C13H13BrF3NO. The number of likely N-dealkylation sites (tertiary alicyclic amines) is 1. The third-order valence-corrected chi connectivity index (χ3v) is 3.65. The minimum atomic E-state index is -4.51. The molecule has 1 heterocycles. The van der Waals surface area contributed by atoms with Crippen molar-refractivity contribution in [3.05, 3.63) is 33.8 Å². The molecule has 1 aliphatic heterocycles. The van der Waals surface area contributed by atoms with Gasteiger partial charge in [0.25, 0.3) is 5.91 Å². The second-order valence-corrected chi connectivity index (χ2v) is 5.46. The number of piperidine rings is 1. The number of carbonyl (C=O) groups excluding carboxylic acids is 1. The molecule has 0 atom stereocenters. The van der Waals surface area contributed by atoms with Gasteiger partial charge in [0.05, 0.1) is 11.1 Å². The summed E-state index contributed by atoms with van der Waals surface area (Å²) in [6.07, 6.45) is -1.79. The average Bonchev–Trinajstić information content (AvgIpc) is 2.37. The Kier molecular flexibility index (Phi) is 4.18. The van der Waals surface area contributed by atoms with Gasteiger partial charge in [-0.1, -0.05) is 15.9 Å². The Morgan fingerprint density at radius 3 is 2.37 bits per heavy atom. The third kappa shape index (κ3) is 3.29. The van der Waals surface area contributed by atoms with Crippen molar-refractivity contribution in [2.45, 2.75) is 25.4 Å². The van der Waals surface area contributed by atoms with Crippen LogP contribution in [0, 0.1) is 0 Å². The summed E-state index contributed by atoms with van der Waals surface area (Å²) in [7, 11) is 0. The minimum absolute atomic E-state index is 0.274. The van der Waals surface area contributed by atoms with Crippen molar-refractivity contribution >= 4 is 21.8 Å². The van der Waals surface area contributed by atoms with Crippen LogP contribution in [0.1, 0.15) is 35.2 Å². The summed E-state index contributed by atoms with van der Waals surface area (Å²) in [6.45, 7) is 1.06. The Morgan fingerprint density at radius 2 is 1.79 bits per heavy atom. The van der Waals surface area contributed by atoms with Crippen molar-refractivity contribution in [2.75, 3.05) is 13.1 Å². The van der Waals surface area contributed by atoms with Crippen LogP contribution in [0.2, 0.25) is 0 Å². The molecular weight excluding hydrogens is 323 g/mol. The van der Waals surface area contributed by atoms with E-state index in [-0.39, 0.29) is 5.56 Å². The van der Waals surface area contributed by atoms with Gasteiger partial charge in [-0.2, -0.15) is 13.2 Å². The normalized spacial score (nSPS) is 16.5. The minimum Gasteiger partial charge on any atom is -0.339 e. The van der Waals surface area contributed by atoms with Crippen molar-refractivity contribution in [2.24, 2.45) is 0 Å². The highest BCUT2D eigenvalue weighted by Gasteiger charge is 2.36. The monoisotopic (exact) mass is 335 g/mol. The molecule has 0 unspecified atom stereocenters. The SMILES string of the molecule is O=C(c1cc(Br)ccc1C(F)(F)F)N1CCCCC1. The van der Waals surface area contributed by atoms with Crippen LogP contribution in [0.3, 0.4) is 0 Å². The van der Waals surface area contributed by atoms with Gasteiger partial charge >= 0.3 is 6.18 Å². The summed E-state index contributed by atoms with van der Waals surface area (Å²) < 4.78 is 39.2. The number of hydrogen-bond donors (Lipinski definition) is 0. The molecule has 2 nitrogen and oxygen atoms in total. The standard InChI is InChI=1S/C13H13BrF3NO/c14-9-4-5-11(13(15,16)17)10(8-9)12(19)18-6-2-1-3-7-18/h4-5,8H,1-3,6-7H2. The van der Waals surface area contributed by atoms with Gasteiger partial charge in [-0.05, 0) is 37.5 Å². The molecule has 0 N–H and O–H groups in total. The number of alkyl halides is 3. The molecule has 1 fully saturated rings. The number of rotatable bonds is 1. The zero-order valence-corrected chi connectivity index (χ0v) is 11.7. The molecule has 0 aliphatic carbocycles. The van der Waals surface area contributed by atoms with Crippen LogP contribution in [-0.4, -0.2) is 23.9 Å². The summed E-state index contributed by atoms with van der Waals surface area (Å²) in [4.78, 5) is 13.7. The first kappa shape index (κ1) is 14.4. The van der Waals surface area contributed by atoms with Crippen molar-refractivity contribution < 1.29 is 18.0 Å². The predicted molar refractivity (Wildman–Crippen MR) is 68.9 cm³/mol. The van der Waals surface area contributed by atoms with E-state index in [0.717, 1.165) is 25.3 Å². The van der Waals surface area contributed by atoms with Crippen molar-refractivity contribution in [1.82, 2.24) is 4.90 Å². The molecule has 0 saturated carbocycles. The maximum atomic E-state index is 12.9. The summed E-state index contributed by atoms with van der Waals surface area (Å²) in [5, 5.41) is 0. The first-order valence-corrected chi connectivity index (χ1v) is 6.85. The van der Waals surface area contributed by atoms with E-state index in [0.29, 0.717) is 17.6 Å². The Labute approximate surface area is 117 Å². The maximum Gasteiger partial charge on any atom is 0.417 e. The number of carbonyl (C=O) groups is 1. The average molecular weight is 336 g/mol. The van der Waals surface area contributed by atoms with Crippen LogP contribution in [0.5, 0.6) is 0 Å². The largest absolute Gasteiger partial charge is 0.417 e. The molecule has 0 radical (unpaired) electrons. The zero-order valence-electron chi connectivity index (χ0n) is 10.1. The number of halogens is 4. The van der Waals surface area contributed by atoms with E-state index >= 15 is 0 Å². The lowest BCUT2D eigenvalue weighted by molar-refractivity contribution is -0.138. The van der Waals surface area contributed by atoms with Gasteiger partial charge in [-0.3, -0.25) is 4.79 Å². The topological polar surface area (TPSA) is 20.3 Å². The first-order chi connectivity index (χ1) is 8.89. The quantitative estimate of drug-likeness (QED) is 0.756. The van der Waals surface area contributed by atoms with Gasteiger partial charge in [-0.25, -0.2) is 0 Å². The Balaban J connectivity index is 2.36. The van der Waals surface area contributed by atoms with Crippen LogP contribution < -0.4 is 0 Å². The molecule has 1 amide bonds. The highest BCUT2D eigenvalue weighted by atomic mass is 79.9. The number of nitrogens with zero attached hydrogens (tertiary/aromatic N) is 1. The molecule has 1 aromatic rings. The van der Waals surface area contributed by atoms with Gasteiger partial charge in [0.1, 0.15) is 0 Å². The van der Waals surface area contributed by atoms with E-state index in [1.165, 1.54) is 17.0 Å². The Morgan fingerprint density at radius 1 is 1.16 bits per heavy atom. The van der Waals surface area contributed by atoms with E-state index in [4.69, 9.17) is 0 Å². The van der Waals surface area contributed by atoms with Crippen molar-refractivity contribution in [1.29, 1.82) is 0 Å². The fourth-order valence-electron chi connectivity index (χ4n) is 2.21. The van der Waals surface area contributed by atoms with Crippen LogP contribution in [0.4, 0.5) is 13.2 Å². The molecule has 1 saturated heterocycles. The lowest BCUT2D eigenvalue weighted by Crippen LogP contribution is -2.36. The van der Waals surface area contributed by atoms with Crippen LogP contribution >= 0.6 is 15.9 Å². The lowest BCUT2D eigenvalue weighted by Gasteiger charge is -2.27. The Hall–Kier alpha value is -1.04. The molecule has 1 aliphatic rings. The highest BCUT2D eigenvalue weighted by Crippen LogP contribution is 2.34. The van der Waals surface area contributed by atoms with E-state index < -0.39 is 17.6 Å². The molecule has 6 heteroatoms. The summed E-state index contributed by atoms with van der Waals surface area (Å²) in [5.41, 5.74) is -1.14. The number of benzene rings is 1. The second-order valence-electron chi connectivity index (χ2n) is 4.54. The first-order valence-electron chi connectivity index (χ1n) is 6.05. The van der Waals surface area contributed by atoms with Crippen molar-refractivity contribution in [3.8, 4) is 0 Å². The van der Waals surface area contributed by atoms with Crippen molar-refractivity contribution in [3.63, 3.8) is 0 Å². The Bertz CT molecular complexity index is 481. The van der Waals surface area contributed by atoms with Crippen LogP contribution in [-0.2, 0) is 6.18 Å². The summed E-state index contributed by atoms with van der Waals surface area (Å²) >= 11 is 3.12. The molecule has 1 aromatic carbocycles. The molecule has 19 heavy (non-hydrogen) atoms. The third-order valence-electron chi connectivity index (χ3n) is 3.16. The number of hydrogen-bond acceptors (Lipinski definition) is 1. The smallest absolute Gasteiger partial charge is 0.339 e.